The Morgan fingerprint density at radius 3 is 2.47 bits per heavy atom. The molecule has 1 aromatic carbocycles. The Balaban J connectivity index is 1.59. The third kappa shape index (κ3) is 6.53. The van der Waals surface area contributed by atoms with Crippen LogP contribution >= 0.6 is 0 Å². The van der Waals surface area contributed by atoms with E-state index in [1.54, 1.807) is 6.92 Å². The molecule has 14 nitrogen and oxygen atoms in total. The molecule has 36 heavy (non-hydrogen) atoms. The first kappa shape index (κ1) is 26.5. The van der Waals surface area contributed by atoms with Crippen LogP contribution in [0, 0.1) is 18.3 Å². The summed E-state index contributed by atoms with van der Waals surface area (Å²) in [7, 11) is -6.20. The summed E-state index contributed by atoms with van der Waals surface area (Å²) in [6, 6.07) is 8.88. The number of carbonyl (C=O) groups excluding carboxylic acids is 1. The number of aryl methyl sites for hydroxylation is 1. The highest BCUT2D eigenvalue weighted by Crippen LogP contribution is 2.15. The van der Waals surface area contributed by atoms with E-state index in [-0.39, 0.29) is 35.3 Å². The number of benzene rings is 1. The minimum Gasteiger partial charge on any atom is -0.353 e. The number of amides is 1. The summed E-state index contributed by atoms with van der Waals surface area (Å²) in [6.07, 6.45) is 3.37. The fourth-order valence-corrected chi connectivity index (χ4v) is 4.38. The van der Waals surface area contributed by atoms with Crippen molar-refractivity contribution in [1.82, 2.24) is 24.4 Å². The van der Waals surface area contributed by atoms with Crippen molar-refractivity contribution in [1.29, 1.82) is 5.26 Å². The quantitative estimate of drug-likeness (QED) is 0.299. The van der Waals surface area contributed by atoms with Crippen molar-refractivity contribution in [2.24, 2.45) is 0 Å². The van der Waals surface area contributed by atoms with Crippen LogP contribution in [0.2, 0.25) is 0 Å². The largest absolute Gasteiger partial charge is 0.353 e. The van der Waals surface area contributed by atoms with E-state index in [4.69, 9.17) is 5.26 Å². The van der Waals surface area contributed by atoms with Crippen LogP contribution in [0.1, 0.15) is 21.9 Å². The molecule has 0 atom stereocenters. The fraction of sp³-hybridized carbons (Fsp3) is 0.250. The molecule has 0 aliphatic rings. The zero-order valence-electron chi connectivity index (χ0n) is 19.5. The first-order valence-corrected chi connectivity index (χ1v) is 13.6. The summed E-state index contributed by atoms with van der Waals surface area (Å²) in [5.74, 6) is -0.421. The zero-order chi connectivity index (χ0) is 26.5. The molecule has 0 aliphatic carbocycles. The highest BCUT2D eigenvalue weighted by molar-refractivity contribution is 7.91. The number of nitrogens with zero attached hydrogens (tertiary/aromatic N) is 6. The van der Waals surface area contributed by atoms with Gasteiger partial charge in [0.1, 0.15) is 23.8 Å². The third-order valence-corrected chi connectivity index (χ3v) is 7.34. The first-order valence-electron chi connectivity index (χ1n) is 10.3. The van der Waals surface area contributed by atoms with Gasteiger partial charge in [-0.1, -0.05) is 0 Å². The summed E-state index contributed by atoms with van der Waals surface area (Å²) in [5, 5.41) is 14.4. The van der Waals surface area contributed by atoms with Crippen LogP contribution < -0.4 is 19.8 Å². The predicted octanol–water partition coefficient (Wildman–Crippen LogP) is 0.0233. The van der Waals surface area contributed by atoms with Gasteiger partial charge in [-0.05, 0) is 37.3 Å². The highest BCUT2D eigenvalue weighted by atomic mass is 32.2. The number of carbonyl (C=O) groups is 1. The molecule has 2 aromatic heterocycles. The van der Waals surface area contributed by atoms with Crippen molar-refractivity contribution in [2.45, 2.75) is 11.8 Å². The molecule has 0 aliphatic heterocycles. The van der Waals surface area contributed by atoms with Crippen LogP contribution in [-0.4, -0.2) is 68.8 Å². The Labute approximate surface area is 208 Å². The molecule has 3 rings (SSSR count). The molecule has 0 spiro atoms. The lowest BCUT2D eigenvalue weighted by Crippen LogP contribution is -2.37. The van der Waals surface area contributed by atoms with Crippen LogP contribution in [0.25, 0.3) is 0 Å². The monoisotopic (exact) mass is 533 g/mol. The summed E-state index contributed by atoms with van der Waals surface area (Å²) in [4.78, 5) is 24.5. The van der Waals surface area contributed by atoms with E-state index < -0.39 is 26.0 Å². The van der Waals surface area contributed by atoms with E-state index in [2.05, 4.69) is 30.3 Å². The second kappa shape index (κ2) is 10.7. The SMILES string of the molecule is Cc1cc(C#N)nc(NCCNS(=O)(=O)c2ccc(NC(=O)c3cncn3N(C)S(C)(=O)=O)cc2)n1. The Morgan fingerprint density at radius 1 is 1.14 bits per heavy atom. The maximum Gasteiger partial charge on any atom is 0.275 e. The van der Waals surface area contributed by atoms with Crippen molar-refractivity contribution in [3.8, 4) is 6.07 Å². The van der Waals surface area contributed by atoms with Crippen LogP contribution in [0.3, 0.4) is 0 Å². The van der Waals surface area contributed by atoms with E-state index in [1.807, 2.05) is 6.07 Å². The molecule has 1 amide bonds. The molecule has 3 N–H and O–H groups in total. The van der Waals surface area contributed by atoms with E-state index in [0.29, 0.717) is 11.4 Å². The number of nitriles is 1. The van der Waals surface area contributed by atoms with Gasteiger partial charge in [0.25, 0.3) is 5.91 Å². The Bertz CT molecular complexity index is 1510. The van der Waals surface area contributed by atoms with Gasteiger partial charge in [-0.3, -0.25) is 4.79 Å². The van der Waals surface area contributed by atoms with Gasteiger partial charge in [0.05, 0.1) is 17.3 Å². The van der Waals surface area contributed by atoms with E-state index >= 15 is 0 Å². The van der Waals surface area contributed by atoms with Gasteiger partial charge in [0.2, 0.25) is 26.0 Å². The van der Waals surface area contributed by atoms with Gasteiger partial charge in [-0.15, -0.1) is 0 Å². The van der Waals surface area contributed by atoms with Crippen molar-refractivity contribution >= 4 is 37.6 Å². The molecule has 3 aromatic rings. The van der Waals surface area contributed by atoms with Gasteiger partial charge in [0, 0.05) is 31.5 Å². The molecule has 0 saturated heterocycles. The first-order chi connectivity index (χ1) is 16.9. The lowest BCUT2D eigenvalue weighted by molar-refractivity contribution is 0.101. The lowest BCUT2D eigenvalue weighted by atomic mass is 10.3. The topological polar surface area (TPSA) is 192 Å². The molecule has 16 heteroatoms. The molecule has 0 unspecified atom stereocenters. The van der Waals surface area contributed by atoms with Crippen molar-refractivity contribution in [2.75, 3.05) is 41.4 Å². The second-order valence-electron chi connectivity index (χ2n) is 7.45. The van der Waals surface area contributed by atoms with Crippen LogP contribution in [-0.2, 0) is 20.0 Å². The molecule has 0 radical (unpaired) electrons. The summed E-state index contributed by atoms with van der Waals surface area (Å²) in [6.45, 7) is 1.92. The normalized spacial score (nSPS) is 11.5. The smallest absolute Gasteiger partial charge is 0.275 e. The molecule has 0 fully saturated rings. The molecule has 0 bridgehead atoms. The molecular weight excluding hydrogens is 510 g/mol. The number of anilines is 2. The van der Waals surface area contributed by atoms with Gasteiger partial charge in [0.15, 0.2) is 0 Å². The summed E-state index contributed by atoms with van der Waals surface area (Å²) < 4.78 is 53.0. The van der Waals surface area contributed by atoms with Crippen molar-refractivity contribution in [3.05, 3.63) is 59.9 Å². The number of hydrogen-bond acceptors (Lipinski definition) is 10. The van der Waals surface area contributed by atoms with Gasteiger partial charge >= 0.3 is 0 Å². The lowest BCUT2D eigenvalue weighted by Gasteiger charge is -2.19. The van der Waals surface area contributed by atoms with Gasteiger partial charge in [-0.25, -0.2) is 45.6 Å². The average molecular weight is 534 g/mol. The van der Waals surface area contributed by atoms with E-state index in [0.717, 1.165) is 15.3 Å². The number of sulfonamides is 2. The number of aromatic nitrogens is 4. The summed E-state index contributed by atoms with van der Waals surface area (Å²) in [5.41, 5.74) is 1.06. The molecular formula is C20H23N9O5S2. The standard InChI is InChI=1S/C20H23N9O5S2/c1-14-10-16(11-21)27-20(25-14)23-8-9-24-36(33,34)17-6-4-15(5-7-17)26-19(30)18-12-22-13-29(18)28(2)35(3,31)32/h4-7,10,12-13,24H,8-9H2,1-3H3,(H,26,30)(H,23,25,27). The van der Waals surface area contributed by atoms with Crippen LogP contribution in [0.5, 0.6) is 0 Å². The number of hydrogen-bond donors (Lipinski definition) is 3. The Morgan fingerprint density at radius 2 is 1.83 bits per heavy atom. The van der Waals surface area contributed by atoms with Crippen molar-refractivity contribution < 1.29 is 21.6 Å². The minimum atomic E-state index is -3.84. The molecule has 2 heterocycles. The van der Waals surface area contributed by atoms with Gasteiger partial charge < -0.3 is 10.6 Å². The third-order valence-electron chi connectivity index (χ3n) is 4.73. The highest BCUT2D eigenvalue weighted by Gasteiger charge is 2.20. The molecule has 190 valence electrons. The zero-order valence-corrected chi connectivity index (χ0v) is 21.1. The Kier molecular flexibility index (Phi) is 7.87. The minimum absolute atomic E-state index is 0.0256. The number of nitrogens with one attached hydrogen (secondary N) is 3. The molecule has 0 saturated carbocycles. The number of rotatable bonds is 10. The van der Waals surface area contributed by atoms with E-state index in [1.165, 1.54) is 49.9 Å². The van der Waals surface area contributed by atoms with E-state index in [9.17, 15) is 21.6 Å². The average Bonchev–Trinajstić information content (AvgIpc) is 3.30. The Hall–Kier alpha value is -4.07. The predicted molar refractivity (Wildman–Crippen MR) is 131 cm³/mol. The van der Waals surface area contributed by atoms with Crippen LogP contribution in [0.15, 0.2) is 47.8 Å². The summed E-state index contributed by atoms with van der Waals surface area (Å²) >= 11 is 0. The number of imidazole rings is 1. The van der Waals surface area contributed by atoms with Crippen molar-refractivity contribution in [3.63, 3.8) is 0 Å². The fourth-order valence-electron chi connectivity index (χ4n) is 2.90. The second-order valence-corrected chi connectivity index (χ2v) is 11.2. The maximum atomic E-state index is 12.6. The van der Waals surface area contributed by atoms with Gasteiger partial charge in [-0.2, -0.15) is 5.26 Å². The van der Waals surface area contributed by atoms with Crippen LogP contribution in [0.4, 0.5) is 11.6 Å². The maximum absolute atomic E-state index is 12.6.